The molecule has 0 heterocycles. The molecule has 2 rings (SSSR count). The number of carbonyl (C=O) groups is 2. The Kier molecular flexibility index (Phi) is 8.48. The molecule has 0 bridgehead atoms. The highest BCUT2D eigenvalue weighted by molar-refractivity contribution is 7.99. The topological polar surface area (TPSA) is 70.2 Å². The number of benzene rings is 2. The first-order valence-corrected chi connectivity index (χ1v) is 9.33. The molecule has 0 aliphatic carbocycles. The fourth-order valence-electron chi connectivity index (χ4n) is 2.19. The van der Waals surface area contributed by atoms with Gasteiger partial charge in [-0.2, -0.15) is 0 Å². The van der Waals surface area contributed by atoms with Crippen LogP contribution in [0.15, 0.2) is 59.5 Å². The number of hydrogen-bond donors (Lipinski definition) is 3. The van der Waals surface area contributed by atoms with Gasteiger partial charge in [0.1, 0.15) is 5.82 Å². The summed E-state index contributed by atoms with van der Waals surface area (Å²) in [6.07, 6.45) is 0.112. The number of carbonyl (C=O) groups excluding carboxylic acids is 2. The SMILES string of the molecule is O=C(Cc1cccc(F)c1)NCCNC(=O)NCCSc1ccccc1. The summed E-state index contributed by atoms with van der Waals surface area (Å²) in [7, 11) is 0. The highest BCUT2D eigenvalue weighted by atomic mass is 32.2. The van der Waals surface area contributed by atoms with Crippen molar-refractivity contribution in [3.05, 3.63) is 66.0 Å². The van der Waals surface area contributed by atoms with Crippen LogP contribution in [0.2, 0.25) is 0 Å². The second kappa shape index (κ2) is 11.1. The largest absolute Gasteiger partial charge is 0.354 e. The number of nitrogens with one attached hydrogen (secondary N) is 3. The van der Waals surface area contributed by atoms with E-state index in [0.717, 1.165) is 10.6 Å². The molecule has 3 amide bonds. The first kappa shape index (κ1) is 19.8. The molecular formula is C19H22FN3O2S. The molecule has 3 N–H and O–H groups in total. The molecule has 0 aliphatic heterocycles. The quantitative estimate of drug-likeness (QED) is 0.466. The number of rotatable bonds is 9. The normalized spacial score (nSPS) is 10.2. The van der Waals surface area contributed by atoms with Crippen LogP contribution in [0.3, 0.4) is 0 Å². The van der Waals surface area contributed by atoms with Crippen molar-refractivity contribution in [1.29, 1.82) is 0 Å². The van der Waals surface area contributed by atoms with Crippen molar-refractivity contribution in [2.24, 2.45) is 0 Å². The third kappa shape index (κ3) is 8.02. The fourth-order valence-corrected chi connectivity index (χ4v) is 2.97. The number of amides is 3. The molecular weight excluding hydrogens is 353 g/mol. The van der Waals surface area contributed by atoms with Gasteiger partial charge < -0.3 is 16.0 Å². The predicted molar refractivity (Wildman–Crippen MR) is 102 cm³/mol. The van der Waals surface area contributed by atoms with E-state index >= 15 is 0 Å². The van der Waals surface area contributed by atoms with E-state index in [-0.39, 0.29) is 24.2 Å². The zero-order valence-corrected chi connectivity index (χ0v) is 15.2. The van der Waals surface area contributed by atoms with Gasteiger partial charge in [0.15, 0.2) is 0 Å². The van der Waals surface area contributed by atoms with Crippen molar-refractivity contribution in [1.82, 2.24) is 16.0 Å². The highest BCUT2D eigenvalue weighted by Gasteiger charge is 2.04. The van der Waals surface area contributed by atoms with Crippen molar-refractivity contribution >= 4 is 23.7 Å². The van der Waals surface area contributed by atoms with E-state index in [1.165, 1.54) is 12.1 Å². The van der Waals surface area contributed by atoms with Gasteiger partial charge in [-0.05, 0) is 29.8 Å². The maximum Gasteiger partial charge on any atom is 0.314 e. The molecule has 0 fully saturated rings. The molecule has 0 aromatic heterocycles. The molecule has 0 saturated carbocycles. The molecule has 138 valence electrons. The van der Waals surface area contributed by atoms with Gasteiger partial charge >= 0.3 is 6.03 Å². The summed E-state index contributed by atoms with van der Waals surface area (Å²) in [6, 6.07) is 15.6. The van der Waals surface area contributed by atoms with Gasteiger partial charge in [-0.1, -0.05) is 30.3 Å². The summed E-state index contributed by atoms with van der Waals surface area (Å²) in [5, 5.41) is 8.12. The molecule has 2 aromatic carbocycles. The molecule has 5 nitrogen and oxygen atoms in total. The number of hydrogen-bond acceptors (Lipinski definition) is 3. The lowest BCUT2D eigenvalue weighted by atomic mass is 10.1. The lowest BCUT2D eigenvalue weighted by Gasteiger charge is -2.09. The predicted octanol–water partition coefficient (Wildman–Crippen LogP) is 2.58. The highest BCUT2D eigenvalue weighted by Crippen LogP contribution is 2.15. The Hall–Kier alpha value is -2.54. The van der Waals surface area contributed by atoms with Crippen LogP contribution in [0.25, 0.3) is 0 Å². The van der Waals surface area contributed by atoms with Gasteiger partial charge in [0.2, 0.25) is 5.91 Å². The molecule has 26 heavy (non-hydrogen) atoms. The summed E-state index contributed by atoms with van der Waals surface area (Å²) in [4.78, 5) is 24.6. The van der Waals surface area contributed by atoms with E-state index in [1.807, 2.05) is 30.3 Å². The summed E-state index contributed by atoms with van der Waals surface area (Å²) < 4.78 is 13.0. The average molecular weight is 375 g/mol. The van der Waals surface area contributed by atoms with Crippen LogP contribution in [0.4, 0.5) is 9.18 Å². The van der Waals surface area contributed by atoms with Crippen molar-refractivity contribution in [3.63, 3.8) is 0 Å². The minimum Gasteiger partial charge on any atom is -0.354 e. The Morgan fingerprint density at radius 1 is 0.885 bits per heavy atom. The zero-order chi connectivity index (χ0) is 18.6. The van der Waals surface area contributed by atoms with Crippen molar-refractivity contribution in [2.45, 2.75) is 11.3 Å². The average Bonchev–Trinajstić information content (AvgIpc) is 2.63. The van der Waals surface area contributed by atoms with Gasteiger partial charge in [0.25, 0.3) is 0 Å². The maximum absolute atomic E-state index is 13.0. The molecule has 7 heteroatoms. The molecule has 0 radical (unpaired) electrons. The Morgan fingerprint density at radius 3 is 2.38 bits per heavy atom. The van der Waals surface area contributed by atoms with Crippen LogP contribution in [-0.2, 0) is 11.2 Å². The third-order valence-electron chi connectivity index (χ3n) is 3.39. The second-order valence-corrected chi connectivity index (χ2v) is 6.67. The van der Waals surface area contributed by atoms with E-state index in [2.05, 4.69) is 16.0 Å². The van der Waals surface area contributed by atoms with Gasteiger partial charge in [0, 0.05) is 30.3 Å². The molecule has 0 atom stereocenters. The monoisotopic (exact) mass is 375 g/mol. The van der Waals surface area contributed by atoms with Crippen LogP contribution >= 0.6 is 11.8 Å². The summed E-state index contributed by atoms with van der Waals surface area (Å²) in [5.74, 6) is 0.207. The van der Waals surface area contributed by atoms with E-state index in [1.54, 1.807) is 23.9 Å². The van der Waals surface area contributed by atoms with Gasteiger partial charge in [-0.25, -0.2) is 9.18 Å². The Morgan fingerprint density at radius 2 is 1.62 bits per heavy atom. The maximum atomic E-state index is 13.0. The standard InChI is InChI=1S/C19H22FN3O2S/c20-16-6-4-5-15(13-16)14-18(24)21-9-10-22-19(25)23-11-12-26-17-7-2-1-3-8-17/h1-8,13H,9-12,14H2,(H,21,24)(H2,22,23,25). The number of halogens is 1. The third-order valence-corrected chi connectivity index (χ3v) is 4.40. The lowest BCUT2D eigenvalue weighted by molar-refractivity contribution is -0.120. The molecule has 0 unspecified atom stereocenters. The van der Waals surface area contributed by atoms with Crippen LogP contribution in [0.1, 0.15) is 5.56 Å². The minimum absolute atomic E-state index is 0.112. The number of urea groups is 1. The van der Waals surface area contributed by atoms with Crippen molar-refractivity contribution < 1.29 is 14.0 Å². The Bertz CT molecular complexity index is 713. The van der Waals surface area contributed by atoms with Crippen molar-refractivity contribution in [3.8, 4) is 0 Å². The van der Waals surface area contributed by atoms with Crippen LogP contribution in [-0.4, -0.2) is 37.3 Å². The van der Waals surface area contributed by atoms with E-state index in [0.29, 0.717) is 25.2 Å². The molecule has 0 aliphatic rings. The summed E-state index contributed by atoms with van der Waals surface area (Å²) >= 11 is 1.67. The molecule has 0 spiro atoms. The summed E-state index contributed by atoms with van der Waals surface area (Å²) in [6.45, 7) is 1.20. The molecule has 0 saturated heterocycles. The smallest absolute Gasteiger partial charge is 0.314 e. The van der Waals surface area contributed by atoms with Crippen LogP contribution < -0.4 is 16.0 Å². The van der Waals surface area contributed by atoms with Crippen LogP contribution in [0.5, 0.6) is 0 Å². The lowest BCUT2D eigenvalue weighted by Crippen LogP contribution is -2.41. The minimum atomic E-state index is -0.362. The Labute approximate surface area is 156 Å². The fraction of sp³-hybridized carbons (Fsp3) is 0.263. The van der Waals surface area contributed by atoms with E-state index in [9.17, 15) is 14.0 Å². The zero-order valence-electron chi connectivity index (χ0n) is 14.3. The second-order valence-electron chi connectivity index (χ2n) is 5.50. The Balaban J connectivity index is 1.51. The number of thioether (sulfide) groups is 1. The van der Waals surface area contributed by atoms with Gasteiger partial charge in [-0.3, -0.25) is 4.79 Å². The summed E-state index contributed by atoms with van der Waals surface area (Å²) in [5.41, 5.74) is 0.615. The first-order chi connectivity index (χ1) is 12.6. The molecule has 2 aromatic rings. The van der Waals surface area contributed by atoms with E-state index < -0.39 is 0 Å². The van der Waals surface area contributed by atoms with Gasteiger partial charge in [0.05, 0.1) is 6.42 Å². The van der Waals surface area contributed by atoms with E-state index in [4.69, 9.17) is 0 Å². The van der Waals surface area contributed by atoms with Crippen molar-refractivity contribution in [2.75, 3.05) is 25.4 Å². The van der Waals surface area contributed by atoms with Crippen LogP contribution in [0, 0.1) is 5.82 Å². The first-order valence-electron chi connectivity index (χ1n) is 8.34. The van der Waals surface area contributed by atoms with Gasteiger partial charge in [-0.15, -0.1) is 11.8 Å².